The molecule has 3 heteroatoms. The van der Waals surface area contributed by atoms with Crippen LogP contribution >= 0.6 is 0 Å². The van der Waals surface area contributed by atoms with Gasteiger partial charge >= 0.3 is 0 Å². The first-order valence-corrected chi connectivity index (χ1v) is 5.33. The van der Waals surface area contributed by atoms with Gasteiger partial charge in [-0.05, 0) is 25.5 Å². The molecule has 1 rings (SSSR count). The van der Waals surface area contributed by atoms with Crippen LogP contribution in [0, 0.1) is 0 Å². The lowest BCUT2D eigenvalue weighted by molar-refractivity contribution is -0.121. The van der Waals surface area contributed by atoms with E-state index in [0.29, 0.717) is 0 Å². The molecule has 0 bridgehead atoms. The number of hydrogen-bond acceptors (Lipinski definition) is 2. The Morgan fingerprint density at radius 2 is 2.00 bits per heavy atom. The van der Waals surface area contributed by atoms with E-state index < -0.39 is 0 Å². The van der Waals surface area contributed by atoms with Crippen molar-refractivity contribution in [1.29, 1.82) is 0 Å². The standard InChI is InChI=1S/C12H18N2O/c1-3-9-13-12(15)10(2)14-11-7-5-4-6-8-11/h4-8,10,14H,3,9H2,1-2H3,(H,13,15). The molecule has 0 aliphatic carbocycles. The molecule has 3 nitrogen and oxygen atoms in total. The number of benzene rings is 1. The zero-order chi connectivity index (χ0) is 11.1. The number of para-hydroxylation sites is 1. The van der Waals surface area contributed by atoms with Gasteiger partial charge in [-0.25, -0.2) is 0 Å². The third-order valence-corrected chi connectivity index (χ3v) is 2.10. The fraction of sp³-hybridized carbons (Fsp3) is 0.417. The van der Waals surface area contributed by atoms with Crippen molar-refractivity contribution < 1.29 is 4.79 Å². The first-order valence-electron chi connectivity index (χ1n) is 5.33. The maximum Gasteiger partial charge on any atom is 0.242 e. The van der Waals surface area contributed by atoms with Crippen molar-refractivity contribution in [3.05, 3.63) is 30.3 Å². The van der Waals surface area contributed by atoms with Crippen molar-refractivity contribution in [3.8, 4) is 0 Å². The monoisotopic (exact) mass is 206 g/mol. The molecule has 0 spiro atoms. The summed E-state index contributed by atoms with van der Waals surface area (Å²) in [7, 11) is 0. The zero-order valence-electron chi connectivity index (χ0n) is 9.29. The molecular formula is C12H18N2O. The number of amides is 1. The van der Waals surface area contributed by atoms with Crippen LogP contribution in [-0.2, 0) is 4.79 Å². The normalized spacial score (nSPS) is 11.9. The van der Waals surface area contributed by atoms with Gasteiger partial charge in [-0.2, -0.15) is 0 Å². The lowest BCUT2D eigenvalue weighted by atomic mass is 10.2. The molecule has 0 fully saturated rings. The van der Waals surface area contributed by atoms with Crippen LogP contribution in [0.4, 0.5) is 5.69 Å². The highest BCUT2D eigenvalue weighted by Gasteiger charge is 2.10. The average molecular weight is 206 g/mol. The molecule has 0 aromatic heterocycles. The quantitative estimate of drug-likeness (QED) is 0.773. The predicted molar refractivity (Wildman–Crippen MR) is 62.8 cm³/mol. The van der Waals surface area contributed by atoms with Crippen LogP contribution < -0.4 is 10.6 Å². The van der Waals surface area contributed by atoms with Gasteiger partial charge in [-0.1, -0.05) is 25.1 Å². The zero-order valence-corrected chi connectivity index (χ0v) is 9.29. The van der Waals surface area contributed by atoms with E-state index in [9.17, 15) is 4.79 Å². The number of rotatable bonds is 5. The first-order chi connectivity index (χ1) is 7.24. The predicted octanol–water partition coefficient (Wildman–Crippen LogP) is 2.01. The molecule has 2 N–H and O–H groups in total. The van der Waals surface area contributed by atoms with E-state index in [4.69, 9.17) is 0 Å². The minimum atomic E-state index is -0.195. The summed E-state index contributed by atoms with van der Waals surface area (Å²) in [5.74, 6) is 0.0423. The second kappa shape index (κ2) is 6.06. The number of carbonyl (C=O) groups is 1. The molecule has 0 radical (unpaired) electrons. The van der Waals surface area contributed by atoms with E-state index >= 15 is 0 Å². The van der Waals surface area contributed by atoms with Crippen molar-refractivity contribution in [2.75, 3.05) is 11.9 Å². The van der Waals surface area contributed by atoms with E-state index in [1.54, 1.807) is 0 Å². The molecule has 0 saturated carbocycles. The van der Waals surface area contributed by atoms with Crippen LogP contribution in [0.2, 0.25) is 0 Å². The molecule has 1 atom stereocenters. The van der Waals surface area contributed by atoms with Gasteiger partial charge in [0.1, 0.15) is 6.04 Å². The molecule has 1 aromatic rings. The first kappa shape index (κ1) is 11.6. The van der Waals surface area contributed by atoms with Gasteiger partial charge in [0.05, 0.1) is 0 Å². The summed E-state index contributed by atoms with van der Waals surface area (Å²) in [6, 6.07) is 9.54. The van der Waals surface area contributed by atoms with Crippen LogP contribution in [0.3, 0.4) is 0 Å². The maximum atomic E-state index is 11.5. The van der Waals surface area contributed by atoms with Crippen LogP contribution in [0.15, 0.2) is 30.3 Å². The second-order valence-corrected chi connectivity index (χ2v) is 3.52. The Balaban J connectivity index is 2.41. The second-order valence-electron chi connectivity index (χ2n) is 3.52. The molecule has 0 aliphatic heterocycles. The molecule has 82 valence electrons. The highest BCUT2D eigenvalue weighted by Crippen LogP contribution is 2.06. The maximum absolute atomic E-state index is 11.5. The molecule has 0 saturated heterocycles. The fourth-order valence-electron chi connectivity index (χ4n) is 1.25. The topological polar surface area (TPSA) is 41.1 Å². The van der Waals surface area contributed by atoms with Gasteiger partial charge in [-0.15, -0.1) is 0 Å². The van der Waals surface area contributed by atoms with E-state index in [0.717, 1.165) is 18.7 Å². The Morgan fingerprint density at radius 1 is 1.33 bits per heavy atom. The van der Waals surface area contributed by atoms with Crippen molar-refractivity contribution in [3.63, 3.8) is 0 Å². The third kappa shape index (κ3) is 4.02. The smallest absolute Gasteiger partial charge is 0.242 e. The molecule has 15 heavy (non-hydrogen) atoms. The Hall–Kier alpha value is -1.51. The number of nitrogens with one attached hydrogen (secondary N) is 2. The van der Waals surface area contributed by atoms with E-state index in [1.165, 1.54) is 0 Å². The summed E-state index contributed by atoms with van der Waals surface area (Å²) < 4.78 is 0. The third-order valence-electron chi connectivity index (χ3n) is 2.10. The Bertz CT molecular complexity index is 298. The van der Waals surface area contributed by atoms with Crippen molar-refractivity contribution >= 4 is 11.6 Å². The highest BCUT2D eigenvalue weighted by atomic mass is 16.2. The molecule has 0 heterocycles. The molecule has 1 aromatic carbocycles. The van der Waals surface area contributed by atoms with Gasteiger partial charge < -0.3 is 10.6 Å². The summed E-state index contributed by atoms with van der Waals surface area (Å²) in [5, 5.41) is 5.99. The van der Waals surface area contributed by atoms with Gasteiger partial charge in [0.25, 0.3) is 0 Å². The summed E-state index contributed by atoms with van der Waals surface area (Å²) in [6.45, 7) is 4.63. The Morgan fingerprint density at radius 3 is 2.60 bits per heavy atom. The molecule has 1 amide bonds. The molecule has 1 unspecified atom stereocenters. The lowest BCUT2D eigenvalue weighted by Gasteiger charge is -2.14. The van der Waals surface area contributed by atoms with Crippen LogP contribution in [0.5, 0.6) is 0 Å². The molecular weight excluding hydrogens is 188 g/mol. The van der Waals surface area contributed by atoms with Gasteiger partial charge in [0.15, 0.2) is 0 Å². The van der Waals surface area contributed by atoms with Crippen LogP contribution in [-0.4, -0.2) is 18.5 Å². The minimum Gasteiger partial charge on any atom is -0.374 e. The van der Waals surface area contributed by atoms with Gasteiger partial charge in [-0.3, -0.25) is 4.79 Å². The lowest BCUT2D eigenvalue weighted by Crippen LogP contribution is -2.37. The Kier molecular flexibility index (Phi) is 4.68. The Labute approximate surface area is 90.9 Å². The summed E-state index contributed by atoms with van der Waals surface area (Å²) in [6.07, 6.45) is 0.962. The highest BCUT2D eigenvalue weighted by molar-refractivity contribution is 5.84. The fourth-order valence-corrected chi connectivity index (χ4v) is 1.25. The average Bonchev–Trinajstić information content (AvgIpc) is 2.27. The summed E-state index contributed by atoms with van der Waals surface area (Å²) in [5.41, 5.74) is 0.969. The van der Waals surface area contributed by atoms with Gasteiger partial charge in [0.2, 0.25) is 5.91 Å². The van der Waals surface area contributed by atoms with E-state index in [1.807, 2.05) is 44.2 Å². The van der Waals surface area contributed by atoms with Crippen molar-refractivity contribution in [2.45, 2.75) is 26.3 Å². The summed E-state index contributed by atoms with van der Waals surface area (Å²) >= 11 is 0. The van der Waals surface area contributed by atoms with Crippen LogP contribution in [0.25, 0.3) is 0 Å². The number of anilines is 1. The van der Waals surface area contributed by atoms with E-state index in [2.05, 4.69) is 10.6 Å². The number of carbonyl (C=O) groups excluding carboxylic acids is 1. The number of hydrogen-bond donors (Lipinski definition) is 2. The van der Waals surface area contributed by atoms with Crippen LogP contribution in [0.1, 0.15) is 20.3 Å². The largest absolute Gasteiger partial charge is 0.374 e. The van der Waals surface area contributed by atoms with Gasteiger partial charge in [0, 0.05) is 12.2 Å². The summed E-state index contributed by atoms with van der Waals surface area (Å²) in [4.78, 5) is 11.5. The van der Waals surface area contributed by atoms with Crippen molar-refractivity contribution in [2.24, 2.45) is 0 Å². The van der Waals surface area contributed by atoms with Crippen molar-refractivity contribution in [1.82, 2.24) is 5.32 Å². The SMILES string of the molecule is CCCNC(=O)C(C)Nc1ccccc1. The van der Waals surface area contributed by atoms with E-state index in [-0.39, 0.29) is 11.9 Å². The minimum absolute atomic E-state index is 0.0423. The molecule has 0 aliphatic rings.